The van der Waals surface area contributed by atoms with Crippen molar-refractivity contribution in [2.45, 2.75) is 270 Å². The van der Waals surface area contributed by atoms with Gasteiger partial charge in [-0.3, -0.25) is 0 Å². The van der Waals surface area contributed by atoms with Crippen LogP contribution >= 0.6 is 0 Å². The third kappa shape index (κ3) is 18.5. The molecule has 2 heteroatoms. The fraction of sp³-hybridized carbons (Fsp3) is 0.918. The Morgan fingerprint density at radius 3 is 1.16 bits per heavy atom. The van der Waals surface area contributed by atoms with E-state index in [4.69, 9.17) is 9.47 Å². The van der Waals surface area contributed by atoms with E-state index in [1.807, 2.05) is 0 Å². The topological polar surface area (TPSA) is 18.5 Å². The predicted molar refractivity (Wildman–Crippen MR) is 224 cm³/mol. The maximum absolute atomic E-state index is 6.83. The molecule has 298 valence electrons. The van der Waals surface area contributed by atoms with Gasteiger partial charge in [0.2, 0.25) is 0 Å². The van der Waals surface area contributed by atoms with E-state index in [0.717, 1.165) is 11.8 Å². The molecule has 3 rings (SSSR count). The minimum Gasteiger partial charge on any atom is -0.344 e. The first kappa shape index (κ1) is 44.8. The van der Waals surface area contributed by atoms with Gasteiger partial charge in [-0.2, -0.15) is 0 Å². The number of hydrogen-bond acceptors (Lipinski definition) is 2. The highest BCUT2D eigenvalue weighted by molar-refractivity contribution is 5.06. The fourth-order valence-corrected chi connectivity index (χ4v) is 9.85. The maximum atomic E-state index is 6.83. The highest BCUT2D eigenvalue weighted by Gasteiger charge is 2.62. The van der Waals surface area contributed by atoms with Crippen LogP contribution in [0.5, 0.6) is 0 Å². The van der Waals surface area contributed by atoms with Gasteiger partial charge in [0.25, 0.3) is 0 Å². The van der Waals surface area contributed by atoms with E-state index >= 15 is 0 Å². The van der Waals surface area contributed by atoms with Gasteiger partial charge in [0.05, 0.1) is 12.2 Å². The molecule has 3 atom stereocenters. The first-order chi connectivity index (χ1) is 25.1. The van der Waals surface area contributed by atoms with Crippen molar-refractivity contribution >= 4 is 0 Å². The number of ether oxygens (including phenoxy) is 2. The largest absolute Gasteiger partial charge is 0.344 e. The number of unbranched alkanes of at least 4 members (excludes halogenated alkanes) is 24. The molecule has 0 aromatic rings. The average molecular weight is 711 g/mol. The molecule has 1 spiro atoms. The lowest BCUT2D eigenvalue weighted by Crippen LogP contribution is -2.53. The third-order valence-electron chi connectivity index (χ3n) is 13.4. The highest BCUT2D eigenvalue weighted by atomic mass is 16.8. The Balaban J connectivity index is 1.24. The van der Waals surface area contributed by atoms with Gasteiger partial charge >= 0.3 is 0 Å². The molecular formula is C49H90O2. The molecule has 1 heterocycles. The molecule has 2 saturated carbocycles. The second-order valence-electron chi connectivity index (χ2n) is 18.1. The van der Waals surface area contributed by atoms with Crippen LogP contribution in [0.4, 0.5) is 0 Å². The monoisotopic (exact) mass is 711 g/mol. The van der Waals surface area contributed by atoms with Crippen molar-refractivity contribution in [2.75, 3.05) is 0 Å². The first-order valence-electron chi connectivity index (χ1n) is 23.7. The van der Waals surface area contributed by atoms with E-state index < -0.39 is 0 Å². The van der Waals surface area contributed by atoms with Gasteiger partial charge in [0, 0.05) is 12.8 Å². The molecule has 3 unspecified atom stereocenters. The molecule has 2 aliphatic carbocycles. The molecule has 0 N–H and O–H groups in total. The molecule has 51 heavy (non-hydrogen) atoms. The Hall–Kier alpha value is -0.600. The van der Waals surface area contributed by atoms with Gasteiger partial charge in [-0.25, -0.2) is 0 Å². The lowest BCUT2D eigenvalue weighted by molar-refractivity contribution is -0.282. The summed E-state index contributed by atoms with van der Waals surface area (Å²) < 4.78 is 13.7. The quantitative estimate of drug-likeness (QED) is 0.0489. The Bertz CT molecular complexity index is 807. The summed E-state index contributed by atoms with van der Waals surface area (Å²) in [5.41, 5.74) is 0.490. The highest BCUT2D eigenvalue weighted by Crippen LogP contribution is 2.62. The molecular weight excluding hydrogens is 621 g/mol. The Labute approximate surface area is 320 Å². The summed E-state index contributed by atoms with van der Waals surface area (Å²) >= 11 is 0. The molecule has 0 radical (unpaired) electrons. The minimum absolute atomic E-state index is 0.217. The van der Waals surface area contributed by atoms with Gasteiger partial charge in [-0.05, 0) is 94.3 Å². The van der Waals surface area contributed by atoms with Crippen molar-refractivity contribution in [3.05, 3.63) is 24.3 Å². The zero-order valence-corrected chi connectivity index (χ0v) is 35.2. The van der Waals surface area contributed by atoms with Crippen molar-refractivity contribution in [2.24, 2.45) is 17.3 Å². The molecule has 0 amide bonds. The molecule has 0 bridgehead atoms. The number of rotatable bonds is 34. The van der Waals surface area contributed by atoms with Crippen molar-refractivity contribution < 1.29 is 9.47 Å². The minimum atomic E-state index is -0.217. The van der Waals surface area contributed by atoms with Gasteiger partial charge in [0.15, 0.2) is 5.79 Å². The van der Waals surface area contributed by atoms with Crippen molar-refractivity contribution in [3.63, 3.8) is 0 Å². The van der Waals surface area contributed by atoms with E-state index in [-0.39, 0.29) is 5.79 Å². The predicted octanol–water partition coefficient (Wildman–Crippen LogP) is 16.6. The molecule has 1 saturated heterocycles. The Morgan fingerprint density at radius 2 is 0.804 bits per heavy atom. The van der Waals surface area contributed by atoms with Gasteiger partial charge in [0.1, 0.15) is 0 Å². The summed E-state index contributed by atoms with van der Waals surface area (Å²) in [6.07, 6.45) is 58.4. The average Bonchev–Trinajstić information content (AvgIpc) is 3.67. The zero-order chi connectivity index (χ0) is 36.3. The SMILES string of the molecule is CCCCCC=CCCCCCCCCCCCC1(CCCCCCCCCCCC=CCCCCC)CC2(C1)OC1CC(C(C)CC)CC1O2. The molecule has 2 nitrogen and oxygen atoms in total. The summed E-state index contributed by atoms with van der Waals surface area (Å²) in [7, 11) is 0. The maximum Gasteiger partial charge on any atom is 0.170 e. The van der Waals surface area contributed by atoms with E-state index in [1.54, 1.807) is 0 Å². The zero-order valence-electron chi connectivity index (χ0n) is 35.2. The second-order valence-corrected chi connectivity index (χ2v) is 18.1. The molecule has 3 aliphatic rings. The fourth-order valence-electron chi connectivity index (χ4n) is 9.85. The molecule has 0 aromatic carbocycles. The lowest BCUT2D eigenvalue weighted by Gasteiger charge is -2.54. The Morgan fingerprint density at radius 1 is 0.471 bits per heavy atom. The first-order valence-corrected chi connectivity index (χ1v) is 23.7. The van der Waals surface area contributed by atoms with Crippen molar-refractivity contribution in [1.82, 2.24) is 0 Å². The second kappa shape index (κ2) is 27.9. The van der Waals surface area contributed by atoms with E-state index in [9.17, 15) is 0 Å². The van der Waals surface area contributed by atoms with Crippen LogP contribution in [0.1, 0.15) is 252 Å². The summed E-state index contributed by atoms with van der Waals surface area (Å²) in [5, 5.41) is 0. The standard InChI is InChI=1S/C49H90O2/c1-5-8-10-12-14-16-18-20-22-24-26-28-30-32-34-36-38-48(42-49(43-48)50-46-40-45(44(4)7-3)41-47(46)51-49)39-37-35-33-31-29-27-25-23-21-19-17-15-13-11-9-6-2/h14-17,44-47H,5-13,18-43H2,1-4H3. The van der Waals surface area contributed by atoms with Crippen LogP contribution in [0.2, 0.25) is 0 Å². The van der Waals surface area contributed by atoms with E-state index in [0.29, 0.717) is 17.6 Å². The van der Waals surface area contributed by atoms with Crippen LogP contribution in [-0.2, 0) is 9.47 Å². The summed E-state index contributed by atoms with van der Waals surface area (Å²) in [5.74, 6) is 1.39. The van der Waals surface area contributed by atoms with Crippen LogP contribution < -0.4 is 0 Å². The van der Waals surface area contributed by atoms with E-state index in [1.165, 1.54) is 225 Å². The van der Waals surface area contributed by atoms with Crippen LogP contribution in [0.25, 0.3) is 0 Å². The van der Waals surface area contributed by atoms with Crippen molar-refractivity contribution in [3.8, 4) is 0 Å². The molecule has 1 aliphatic heterocycles. The van der Waals surface area contributed by atoms with Crippen LogP contribution in [-0.4, -0.2) is 18.0 Å². The summed E-state index contributed by atoms with van der Waals surface area (Å²) in [6, 6.07) is 0. The number of fused-ring (bicyclic) bond motifs is 1. The third-order valence-corrected chi connectivity index (χ3v) is 13.4. The molecule has 3 fully saturated rings. The summed E-state index contributed by atoms with van der Waals surface area (Å²) in [4.78, 5) is 0. The van der Waals surface area contributed by atoms with Gasteiger partial charge < -0.3 is 9.47 Å². The van der Waals surface area contributed by atoms with Crippen molar-refractivity contribution in [1.29, 1.82) is 0 Å². The van der Waals surface area contributed by atoms with Crippen LogP contribution in [0.3, 0.4) is 0 Å². The lowest BCUT2D eigenvalue weighted by atomic mass is 9.59. The number of hydrogen-bond donors (Lipinski definition) is 0. The Kier molecular flexibility index (Phi) is 24.5. The van der Waals surface area contributed by atoms with Gasteiger partial charge in [-0.1, -0.05) is 187 Å². The molecule has 0 aromatic heterocycles. The van der Waals surface area contributed by atoms with Gasteiger partial charge in [-0.15, -0.1) is 0 Å². The number of allylic oxidation sites excluding steroid dienone is 4. The van der Waals surface area contributed by atoms with E-state index in [2.05, 4.69) is 52.0 Å². The normalized spacial score (nSPS) is 26.5. The van der Waals surface area contributed by atoms with Crippen LogP contribution in [0, 0.1) is 17.3 Å². The summed E-state index contributed by atoms with van der Waals surface area (Å²) in [6.45, 7) is 9.35. The van der Waals surface area contributed by atoms with Crippen LogP contribution in [0.15, 0.2) is 24.3 Å². The smallest absolute Gasteiger partial charge is 0.170 e.